The summed E-state index contributed by atoms with van der Waals surface area (Å²) in [6.45, 7) is 4.08. The van der Waals surface area contributed by atoms with Gasteiger partial charge in [0, 0.05) is 37.9 Å². The van der Waals surface area contributed by atoms with Gasteiger partial charge in [0.05, 0.1) is 12.3 Å². The van der Waals surface area contributed by atoms with Crippen LogP contribution in [0.25, 0.3) is 6.08 Å². The highest BCUT2D eigenvalue weighted by molar-refractivity contribution is 6.02. The number of hydrogen-bond acceptors (Lipinski definition) is 4. The second-order valence-electron chi connectivity index (χ2n) is 6.57. The van der Waals surface area contributed by atoms with Gasteiger partial charge in [-0.1, -0.05) is 30.3 Å². The summed E-state index contributed by atoms with van der Waals surface area (Å²) in [6, 6.07) is 14.1. The number of piperazine rings is 1. The van der Waals surface area contributed by atoms with E-state index in [1.165, 1.54) is 12.1 Å². The highest BCUT2D eigenvalue weighted by Crippen LogP contribution is 2.24. The number of rotatable bonds is 5. The summed E-state index contributed by atoms with van der Waals surface area (Å²) in [5.41, 5.74) is 1.75. The lowest BCUT2D eigenvalue weighted by molar-refractivity contribution is -0.111. The maximum atomic E-state index is 14.6. The Balaban J connectivity index is 1.57. The average Bonchev–Trinajstić information content (AvgIpc) is 2.73. The summed E-state index contributed by atoms with van der Waals surface area (Å²) in [7, 11) is 0. The number of ether oxygens (including phenoxy) is 1. The highest BCUT2D eigenvalue weighted by Gasteiger charge is 2.23. The van der Waals surface area contributed by atoms with Crippen LogP contribution in [-0.2, 0) is 9.53 Å². The lowest BCUT2D eigenvalue weighted by Crippen LogP contribution is -2.49. The molecule has 0 radical (unpaired) electrons. The molecule has 0 unspecified atom stereocenters. The van der Waals surface area contributed by atoms with Crippen molar-refractivity contribution in [2.45, 2.75) is 6.92 Å². The molecule has 0 aromatic heterocycles. The van der Waals surface area contributed by atoms with Gasteiger partial charge in [-0.3, -0.25) is 4.79 Å². The maximum absolute atomic E-state index is 14.6. The molecule has 3 rings (SSSR count). The molecule has 1 heterocycles. The Kier molecular flexibility index (Phi) is 6.84. The van der Waals surface area contributed by atoms with Gasteiger partial charge in [-0.2, -0.15) is 0 Å². The molecule has 1 fully saturated rings. The van der Waals surface area contributed by atoms with Crippen LogP contribution in [-0.4, -0.2) is 49.7 Å². The van der Waals surface area contributed by atoms with Crippen LogP contribution in [0.1, 0.15) is 12.5 Å². The van der Waals surface area contributed by atoms with Gasteiger partial charge in [-0.15, -0.1) is 0 Å². The molecule has 1 N–H and O–H groups in total. The lowest BCUT2D eigenvalue weighted by atomic mass is 10.2. The fourth-order valence-corrected chi connectivity index (χ4v) is 3.11. The maximum Gasteiger partial charge on any atom is 0.409 e. The van der Waals surface area contributed by atoms with Gasteiger partial charge in [0.1, 0.15) is 5.82 Å². The first kappa shape index (κ1) is 20.4. The van der Waals surface area contributed by atoms with E-state index < -0.39 is 5.82 Å². The predicted molar refractivity (Wildman–Crippen MR) is 111 cm³/mol. The second kappa shape index (κ2) is 9.73. The van der Waals surface area contributed by atoms with Crippen molar-refractivity contribution < 1.29 is 18.7 Å². The minimum atomic E-state index is -0.417. The number of carbonyl (C=O) groups excluding carboxylic acids is 2. The van der Waals surface area contributed by atoms with Crippen molar-refractivity contribution in [1.29, 1.82) is 0 Å². The zero-order valence-electron chi connectivity index (χ0n) is 16.3. The fraction of sp³-hybridized carbons (Fsp3) is 0.273. The largest absolute Gasteiger partial charge is 0.450 e. The van der Waals surface area contributed by atoms with Crippen LogP contribution < -0.4 is 10.2 Å². The summed E-state index contributed by atoms with van der Waals surface area (Å²) in [4.78, 5) is 27.3. The second-order valence-corrected chi connectivity index (χ2v) is 6.57. The van der Waals surface area contributed by atoms with E-state index in [1.807, 2.05) is 35.2 Å². The number of carbonyl (C=O) groups is 2. The van der Waals surface area contributed by atoms with Gasteiger partial charge in [-0.25, -0.2) is 9.18 Å². The first-order valence-corrected chi connectivity index (χ1v) is 9.57. The third-order valence-corrected chi connectivity index (χ3v) is 4.59. The van der Waals surface area contributed by atoms with E-state index in [4.69, 9.17) is 4.74 Å². The molecule has 1 aliphatic heterocycles. The summed E-state index contributed by atoms with van der Waals surface area (Å²) >= 11 is 0. The van der Waals surface area contributed by atoms with Crippen LogP contribution >= 0.6 is 0 Å². The normalized spacial score (nSPS) is 14.1. The smallest absolute Gasteiger partial charge is 0.409 e. The molecule has 0 spiro atoms. The predicted octanol–water partition coefficient (Wildman–Crippen LogP) is 3.76. The molecule has 2 aromatic rings. The SMILES string of the molecule is CCOC(=O)N1CCN(c2ccc(NC(=O)/C=C/c3ccccc3)cc2F)CC1. The quantitative estimate of drug-likeness (QED) is 0.781. The van der Waals surface area contributed by atoms with Crippen molar-refractivity contribution >= 4 is 29.5 Å². The monoisotopic (exact) mass is 397 g/mol. The third-order valence-electron chi connectivity index (χ3n) is 4.59. The first-order chi connectivity index (χ1) is 14.1. The van der Waals surface area contributed by atoms with Gasteiger partial charge >= 0.3 is 6.09 Å². The summed E-state index contributed by atoms with van der Waals surface area (Å²) in [5, 5.41) is 2.67. The number of anilines is 2. The van der Waals surface area contributed by atoms with Crippen molar-refractivity contribution in [3.05, 3.63) is 66.0 Å². The number of amides is 2. The molecule has 0 atom stereocenters. The molecule has 0 bridgehead atoms. The Morgan fingerprint density at radius 2 is 1.83 bits per heavy atom. The van der Waals surface area contributed by atoms with Crippen LogP contribution in [0, 0.1) is 5.82 Å². The van der Waals surface area contributed by atoms with Crippen LogP contribution in [0.2, 0.25) is 0 Å². The molecular formula is C22H24FN3O3. The van der Waals surface area contributed by atoms with Crippen molar-refractivity contribution in [2.24, 2.45) is 0 Å². The van der Waals surface area contributed by atoms with Crippen LogP contribution in [0.5, 0.6) is 0 Å². The van der Waals surface area contributed by atoms with Crippen LogP contribution in [0.4, 0.5) is 20.6 Å². The summed E-state index contributed by atoms with van der Waals surface area (Å²) in [6.07, 6.45) is 2.77. The molecule has 152 valence electrons. The van der Waals surface area contributed by atoms with Crippen molar-refractivity contribution in [1.82, 2.24) is 4.90 Å². The average molecular weight is 397 g/mol. The molecule has 1 saturated heterocycles. The number of hydrogen-bond donors (Lipinski definition) is 1. The third kappa shape index (κ3) is 5.57. The molecule has 1 aliphatic rings. The van der Waals surface area contributed by atoms with Crippen LogP contribution in [0.3, 0.4) is 0 Å². The zero-order chi connectivity index (χ0) is 20.6. The Morgan fingerprint density at radius 3 is 2.48 bits per heavy atom. The first-order valence-electron chi connectivity index (χ1n) is 9.57. The minimum absolute atomic E-state index is 0.330. The van der Waals surface area contributed by atoms with E-state index in [0.29, 0.717) is 44.2 Å². The van der Waals surface area contributed by atoms with E-state index in [1.54, 1.807) is 30.0 Å². The molecule has 7 heteroatoms. The number of nitrogens with zero attached hydrogens (tertiary/aromatic N) is 2. The number of benzene rings is 2. The van der Waals surface area contributed by atoms with E-state index in [9.17, 15) is 14.0 Å². The van der Waals surface area contributed by atoms with Crippen molar-refractivity contribution in [2.75, 3.05) is 43.0 Å². The van der Waals surface area contributed by atoms with Crippen molar-refractivity contribution in [3.8, 4) is 0 Å². The van der Waals surface area contributed by atoms with Gasteiger partial charge in [-0.05, 0) is 36.8 Å². The topological polar surface area (TPSA) is 61.9 Å². The lowest BCUT2D eigenvalue weighted by Gasteiger charge is -2.35. The van der Waals surface area contributed by atoms with Gasteiger partial charge in [0.15, 0.2) is 0 Å². The van der Waals surface area contributed by atoms with E-state index in [2.05, 4.69) is 5.32 Å². The van der Waals surface area contributed by atoms with E-state index in [0.717, 1.165) is 5.56 Å². The molecule has 0 saturated carbocycles. The standard InChI is InChI=1S/C22H24FN3O3/c1-2-29-22(28)26-14-12-25(13-15-26)20-10-9-18(16-19(20)23)24-21(27)11-8-17-6-4-3-5-7-17/h3-11,16H,2,12-15H2,1H3,(H,24,27)/b11-8+. The Hall–Kier alpha value is -3.35. The molecule has 2 aromatic carbocycles. The summed E-state index contributed by atoms with van der Waals surface area (Å²) < 4.78 is 19.6. The molecule has 6 nitrogen and oxygen atoms in total. The summed E-state index contributed by atoms with van der Waals surface area (Å²) in [5.74, 6) is -0.747. The highest BCUT2D eigenvalue weighted by atomic mass is 19.1. The van der Waals surface area contributed by atoms with Crippen LogP contribution in [0.15, 0.2) is 54.6 Å². The fourth-order valence-electron chi connectivity index (χ4n) is 3.11. The van der Waals surface area contributed by atoms with E-state index in [-0.39, 0.29) is 12.0 Å². The van der Waals surface area contributed by atoms with Gasteiger partial charge in [0.25, 0.3) is 0 Å². The minimum Gasteiger partial charge on any atom is -0.450 e. The van der Waals surface area contributed by atoms with Gasteiger partial charge < -0.3 is 19.9 Å². The number of nitrogens with one attached hydrogen (secondary N) is 1. The molecule has 29 heavy (non-hydrogen) atoms. The Labute approximate surface area is 169 Å². The molecular weight excluding hydrogens is 373 g/mol. The number of halogens is 1. The Morgan fingerprint density at radius 1 is 1.10 bits per heavy atom. The molecule has 2 amide bonds. The zero-order valence-corrected chi connectivity index (χ0v) is 16.3. The van der Waals surface area contributed by atoms with Gasteiger partial charge in [0.2, 0.25) is 5.91 Å². The Bertz CT molecular complexity index is 878. The van der Waals surface area contributed by atoms with E-state index >= 15 is 0 Å². The molecule has 0 aliphatic carbocycles. The van der Waals surface area contributed by atoms with Crippen molar-refractivity contribution in [3.63, 3.8) is 0 Å².